The van der Waals surface area contributed by atoms with Gasteiger partial charge in [0.25, 0.3) is 0 Å². The number of benzene rings is 1. The zero-order valence-electron chi connectivity index (χ0n) is 18.2. The van der Waals surface area contributed by atoms with Crippen LogP contribution in [0.2, 0.25) is 0 Å². The summed E-state index contributed by atoms with van der Waals surface area (Å²) >= 11 is 0. The van der Waals surface area contributed by atoms with Crippen LogP contribution in [-0.2, 0) is 16.1 Å². The number of carbonyl (C=O) groups is 2. The molecular formula is C24H30N2O5. The molecule has 1 aromatic rings. The molecule has 2 aliphatic carbocycles. The van der Waals surface area contributed by atoms with E-state index < -0.39 is 17.8 Å². The molecule has 4 aliphatic rings. The third kappa shape index (κ3) is 3.49. The van der Waals surface area contributed by atoms with Gasteiger partial charge in [0.2, 0.25) is 12.7 Å². The van der Waals surface area contributed by atoms with Gasteiger partial charge in [0, 0.05) is 32.7 Å². The second kappa shape index (κ2) is 7.86. The highest BCUT2D eigenvalue weighted by molar-refractivity contribution is 5.87. The molecule has 0 aromatic heterocycles. The van der Waals surface area contributed by atoms with Gasteiger partial charge in [-0.15, -0.1) is 0 Å². The highest BCUT2D eigenvalue weighted by Gasteiger charge is 2.58. The number of carboxylic acid groups (broad SMARTS) is 1. The Labute approximate surface area is 182 Å². The fraction of sp³-hybridized carbons (Fsp3) is 0.583. The SMILES string of the molecule is CC(C)=C1[C@H]2CC[C@@H]1[C@H](C(=O)O)[C@@H]2C(=O)N1CCN(Cc2ccc3c(c2)OCO3)CC1. The largest absolute Gasteiger partial charge is 0.481 e. The highest BCUT2D eigenvalue weighted by Crippen LogP contribution is 2.57. The van der Waals surface area contributed by atoms with Crippen LogP contribution in [0.25, 0.3) is 0 Å². The lowest BCUT2D eigenvalue weighted by atomic mass is 9.78. The van der Waals surface area contributed by atoms with E-state index in [1.54, 1.807) is 0 Å². The first-order valence-electron chi connectivity index (χ1n) is 11.2. The Morgan fingerprint density at radius 1 is 1.00 bits per heavy atom. The zero-order valence-corrected chi connectivity index (χ0v) is 18.2. The fourth-order valence-electron chi connectivity index (χ4n) is 6.22. The van der Waals surface area contributed by atoms with E-state index in [1.807, 2.05) is 17.0 Å². The number of carbonyl (C=O) groups excluding carboxylic acids is 1. The summed E-state index contributed by atoms with van der Waals surface area (Å²) in [6.45, 7) is 8.05. The highest BCUT2D eigenvalue weighted by atomic mass is 16.7. The molecule has 1 N–H and O–H groups in total. The quantitative estimate of drug-likeness (QED) is 0.746. The molecular weight excluding hydrogens is 396 g/mol. The number of amides is 1. The third-order valence-electron chi connectivity index (χ3n) is 7.52. The average Bonchev–Trinajstić information content (AvgIpc) is 3.46. The Kier molecular flexibility index (Phi) is 5.16. The minimum absolute atomic E-state index is 0.0359. The van der Waals surface area contributed by atoms with Crippen LogP contribution in [0.4, 0.5) is 0 Å². The van der Waals surface area contributed by atoms with Crippen LogP contribution >= 0.6 is 0 Å². The first-order chi connectivity index (χ1) is 14.9. The summed E-state index contributed by atoms with van der Waals surface area (Å²) in [5.41, 5.74) is 3.60. The summed E-state index contributed by atoms with van der Waals surface area (Å²) in [6.07, 6.45) is 1.84. The van der Waals surface area contributed by atoms with Gasteiger partial charge in [-0.3, -0.25) is 14.5 Å². The van der Waals surface area contributed by atoms with E-state index in [0.717, 1.165) is 49.5 Å². The molecule has 7 heteroatoms. The van der Waals surface area contributed by atoms with Gasteiger partial charge in [-0.05, 0) is 56.2 Å². The van der Waals surface area contributed by atoms with Gasteiger partial charge in [-0.25, -0.2) is 0 Å². The summed E-state index contributed by atoms with van der Waals surface area (Å²) in [5.74, 6) is -0.0219. The van der Waals surface area contributed by atoms with E-state index in [-0.39, 0.29) is 24.5 Å². The van der Waals surface area contributed by atoms with E-state index in [0.29, 0.717) is 13.1 Å². The smallest absolute Gasteiger partial charge is 0.307 e. The molecule has 4 atom stereocenters. The third-order valence-corrected chi connectivity index (χ3v) is 7.52. The Bertz CT molecular complexity index is 930. The van der Waals surface area contributed by atoms with Crippen molar-refractivity contribution in [2.24, 2.45) is 23.7 Å². The molecule has 7 nitrogen and oxygen atoms in total. The molecule has 0 unspecified atom stereocenters. The van der Waals surface area contributed by atoms with Gasteiger partial charge in [-0.1, -0.05) is 17.2 Å². The number of rotatable bonds is 4. The summed E-state index contributed by atoms with van der Waals surface area (Å²) in [7, 11) is 0. The summed E-state index contributed by atoms with van der Waals surface area (Å²) in [5, 5.41) is 9.90. The lowest BCUT2D eigenvalue weighted by molar-refractivity contribution is -0.153. The van der Waals surface area contributed by atoms with Crippen molar-refractivity contribution in [2.45, 2.75) is 33.2 Å². The predicted molar refractivity (Wildman–Crippen MR) is 114 cm³/mol. The second-order valence-corrected chi connectivity index (χ2v) is 9.42. The molecule has 0 spiro atoms. The maximum Gasteiger partial charge on any atom is 0.307 e. The van der Waals surface area contributed by atoms with Crippen molar-refractivity contribution in [2.75, 3.05) is 33.0 Å². The molecule has 0 radical (unpaired) electrons. The normalized spacial score (nSPS) is 29.5. The van der Waals surface area contributed by atoms with Crippen molar-refractivity contribution < 1.29 is 24.2 Å². The van der Waals surface area contributed by atoms with Crippen LogP contribution in [0.3, 0.4) is 0 Å². The minimum atomic E-state index is -0.814. The maximum atomic E-state index is 13.5. The molecule has 2 saturated carbocycles. The Balaban J connectivity index is 1.24. The van der Waals surface area contributed by atoms with E-state index in [2.05, 4.69) is 24.8 Å². The number of aliphatic carboxylic acids is 1. The van der Waals surface area contributed by atoms with Crippen molar-refractivity contribution >= 4 is 11.9 Å². The Hall–Kier alpha value is -2.54. The molecule has 5 rings (SSSR count). The van der Waals surface area contributed by atoms with Crippen molar-refractivity contribution in [3.05, 3.63) is 34.9 Å². The molecule has 1 amide bonds. The number of carboxylic acids is 1. The van der Waals surface area contributed by atoms with Crippen LogP contribution in [0.1, 0.15) is 32.3 Å². The summed E-state index contributed by atoms with van der Waals surface area (Å²) in [4.78, 5) is 29.8. The lowest BCUT2D eigenvalue weighted by Crippen LogP contribution is -2.52. The predicted octanol–water partition coefficient (Wildman–Crippen LogP) is 2.75. The number of allylic oxidation sites excluding steroid dienone is 2. The number of hydrogen-bond acceptors (Lipinski definition) is 5. The van der Waals surface area contributed by atoms with Gasteiger partial charge in [0.1, 0.15) is 0 Å². The van der Waals surface area contributed by atoms with Gasteiger partial charge in [0.15, 0.2) is 11.5 Å². The maximum absolute atomic E-state index is 13.5. The standard InChI is InChI=1S/C24H30N2O5/c1-14(2)20-16-4-5-17(20)22(24(28)29)21(16)23(27)26-9-7-25(8-10-26)12-15-3-6-18-19(11-15)31-13-30-18/h3,6,11,16-17,21-22H,4-5,7-10,12-13H2,1-2H3,(H,28,29)/t16-,17+,21-,22+/m1/s1. The molecule has 3 fully saturated rings. The number of nitrogens with zero attached hydrogens (tertiary/aromatic N) is 2. The van der Waals surface area contributed by atoms with Crippen molar-refractivity contribution in [1.82, 2.24) is 9.80 Å². The van der Waals surface area contributed by atoms with E-state index in [9.17, 15) is 14.7 Å². The van der Waals surface area contributed by atoms with E-state index >= 15 is 0 Å². The van der Waals surface area contributed by atoms with Crippen LogP contribution in [0.15, 0.2) is 29.3 Å². The molecule has 2 bridgehead atoms. The van der Waals surface area contributed by atoms with Crippen LogP contribution in [-0.4, -0.2) is 59.8 Å². The Morgan fingerprint density at radius 2 is 1.68 bits per heavy atom. The number of fused-ring (bicyclic) bond motifs is 3. The van der Waals surface area contributed by atoms with Gasteiger partial charge >= 0.3 is 5.97 Å². The van der Waals surface area contributed by atoms with E-state index in [1.165, 1.54) is 11.1 Å². The van der Waals surface area contributed by atoms with Crippen LogP contribution in [0.5, 0.6) is 11.5 Å². The van der Waals surface area contributed by atoms with Crippen molar-refractivity contribution in [1.29, 1.82) is 0 Å². The molecule has 2 heterocycles. The number of ether oxygens (including phenoxy) is 2. The molecule has 2 aliphatic heterocycles. The molecule has 31 heavy (non-hydrogen) atoms. The van der Waals surface area contributed by atoms with Gasteiger partial charge < -0.3 is 19.5 Å². The molecule has 166 valence electrons. The van der Waals surface area contributed by atoms with Crippen LogP contribution < -0.4 is 9.47 Å². The second-order valence-electron chi connectivity index (χ2n) is 9.42. The minimum Gasteiger partial charge on any atom is -0.481 e. The monoisotopic (exact) mass is 426 g/mol. The topological polar surface area (TPSA) is 79.3 Å². The summed E-state index contributed by atoms with van der Waals surface area (Å²) < 4.78 is 10.8. The van der Waals surface area contributed by atoms with E-state index in [4.69, 9.17) is 9.47 Å². The molecule has 1 aromatic carbocycles. The number of hydrogen-bond donors (Lipinski definition) is 1. The van der Waals surface area contributed by atoms with Gasteiger partial charge in [0.05, 0.1) is 11.8 Å². The van der Waals surface area contributed by atoms with Crippen LogP contribution in [0, 0.1) is 23.7 Å². The first kappa shape index (κ1) is 20.4. The zero-order chi connectivity index (χ0) is 21.7. The lowest BCUT2D eigenvalue weighted by Gasteiger charge is -2.38. The first-order valence-corrected chi connectivity index (χ1v) is 11.2. The molecule has 1 saturated heterocycles. The van der Waals surface area contributed by atoms with Crippen molar-refractivity contribution in [3.8, 4) is 11.5 Å². The van der Waals surface area contributed by atoms with Gasteiger partial charge in [-0.2, -0.15) is 0 Å². The average molecular weight is 427 g/mol. The summed E-state index contributed by atoms with van der Waals surface area (Å²) in [6, 6.07) is 6.02. The van der Waals surface area contributed by atoms with Crippen molar-refractivity contribution in [3.63, 3.8) is 0 Å². The fourth-order valence-corrected chi connectivity index (χ4v) is 6.22. The number of piperazine rings is 1. The Morgan fingerprint density at radius 3 is 2.35 bits per heavy atom.